The maximum absolute atomic E-state index is 5.77. The van der Waals surface area contributed by atoms with Crippen LogP contribution in [0.5, 0.6) is 5.75 Å². The summed E-state index contributed by atoms with van der Waals surface area (Å²) in [7, 11) is 0. The van der Waals surface area contributed by atoms with Gasteiger partial charge in [0.25, 0.3) is 0 Å². The van der Waals surface area contributed by atoms with Crippen LogP contribution in [0.2, 0.25) is 0 Å². The molecule has 0 bridgehead atoms. The number of ether oxygens (including phenoxy) is 1. The lowest BCUT2D eigenvalue weighted by Crippen LogP contribution is -2.00. The van der Waals surface area contributed by atoms with E-state index >= 15 is 0 Å². The van der Waals surface area contributed by atoms with Crippen molar-refractivity contribution in [2.75, 3.05) is 0 Å². The average molecular weight is 306 g/mol. The monoisotopic (exact) mass is 305 g/mol. The first-order valence-corrected chi connectivity index (χ1v) is 6.65. The van der Waals surface area contributed by atoms with Crippen LogP contribution in [-0.4, -0.2) is 0 Å². The van der Waals surface area contributed by atoms with Gasteiger partial charge in [0.2, 0.25) is 0 Å². The second-order valence-electron chi connectivity index (χ2n) is 4.22. The Labute approximate surface area is 116 Å². The van der Waals surface area contributed by atoms with Crippen molar-refractivity contribution in [3.8, 4) is 5.75 Å². The van der Waals surface area contributed by atoms with Crippen LogP contribution in [0.15, 0.2) is 46.9 Å². The standard InChI is InChI=1S/C15H16BrNO/c1-11-7-14(5-6-15(11)16)18-10-13-4-2-3-12(8-13)9-17/h2-8H,9-10,17H2,1H3. The fourth-order valence-electron chi connectivity index (χ4n) is 1.72. The maximum atomic E-state index is 5.77. The number of hydrogen-bond acceptors (Lipinski definition) is 2. The van der Waals surface area contributed by atoms with Crippen molar-refractivity contribution >= 4 is 15.9 Å². The molecule has 2 nitrogen and oxygen atoms in total. The molecule has 0 saturated carbocycles. The van der Waals surface area contributed by atoms with E-state index < -0.39 is 0 Å². The Hall–Kier alpha value is -1.32. The van der Waals surface area contributed by atoms with Gasteiger partial charge in [-0.25, -0.2) is 0 Å². The van der Waals surface area contributed by atoms with Crippen molar-refractivity contribution in [1.82, 2.24) is 0 Å². The van der Waals surface area contributed by atoms with Crippen LogP contribution in [0.3, 0.4) is 0 Å². The maximum Gasteiger partial charge on any atom is 0.120 e. The van der Waals surface area contributed by atoms with Gasteiger partial charge in [0.05, 0.1) is 0 Å². The van der Waals surface area contributed by atoms with E-state index in [1.54, 1.807) is 0 Å². The highest BCUT2D eigenvalue weighted by molar-refractivity contribution is 9.10. The molecule has 0 saturated heterocycles. The van der Waals surface area contributed by atoms with E-state index in [9.17, 15) is 0 Å². The van der Waals surface area contributed by atoms with E-state index in [0.29, 0.717) is 13.2 Å². The predicted octanol–water partition coefficient (Wildman–Crippen LogP) is 3.80. The van der Waals surface area contributed by atoms with Crippen LogP contribution in [0.1, 0.15) is 16.7 Å². The summed E-state index contributed by atoms with van der Waals surface area (Å²) in [6.45, 7) is 3.17. The van der Waals surface area contributed by atoms with Gasteiger partial charge >= 0.3 is 0 Å². The molecule has 0 spiro atoms. The Morgan fingerprint density at radius 3 is 2.61 bits per heavy atom. The fraction of sp³-hybridized carbons (Fsp3) is 0.200. The van der Waals surface area contributed by atoms with Gasteiger partial charge in [0.1, 0.15) is 12.4 Å². The van der Waals surface area contributed by atoms with E-state index in [1.165, 1.54) is 5.56 Å². The van der Waals surface area contributed by atoms with Crippen molar-refractivity contribution in [3.63, 3.8) is 0 Å². The van der Waals surface area contributed by atoms with Gasteiger partial charge in [-0.05, 0) is 41.8 Å². The van der Waals surface area contributed by atoms with Gasteiger partial charge in [0, 0.05) is 11.0 Å². The normalized spacial score (nSPS) is 10.4. The molecule has 3 heteroatoms. The van der Waals surface area contributed by atoms with Gasteiger partial charge in [-0.1, -0.05) is 40.2 Å². The molecule has 0 atom stereocenters. The van der Waals surface area contributed by atoms with Crippen LogP contribution in [0, 0.1) is 6.92 Å². The molecule has 0 unspecified atom stereocenters. The van der Waals surface area contributed by atoms with Gasteiger partial charge in [0.15, 0.2) is 0 Å². The van der Waals surface area contributed by atoms with Crippen molar-refractivity contribution in [2.24, 2.45) is 5.73 Å². The molecule has 94 valence electrons. The molecule has 2 N–H and O–H groups in total. The van der Waals surface area contributed by atoms with E-state index in [-0.39, 0.29) is 0 Å². The van der Waals surface area contributed by atoms with Crippen LogP contribution in [-0.2, 0) is 13.2 Å². The summed E-state index contributed by atoms with van der Waals surface area (Å²) in [5.74, 6) is 0.883. The molecular weight excluding hydrogens is 290 g/mol. The highest BCUT2D eigenvalue weighted by atomic mass is 79.9. The van der Waals surface area contributed by atoms with E-state index in [2.05, 4.69) is 22.0 Å². The topological polar surface area (TPSA) is 35.2 Å². The predicted molar refractivity (Wildman–Crippen MR) is 77.5 cm³/mol. The zero-order chi connectivity index (χ0) is 13.0. The summed E-state index contributed by atoms with van der Waals surface area (Å²) >= 11 is 3.47. The van der Waals surface area contributed by atoms with Crippen LogP contribution >= 0.6 is 15.9 Å². The Morgan fingerprint density at radius 1 is 1.11 bits per heavy atom. The van der Waals surface area contributed by atoms with Crippen molar-refractivity contribution < 1.29 is 4.74 Å². The van der Waals surface area contributed by atoms with Crippen LogP contribution in [0.4, 0.5) is 0 Å². The van der Waals surface area contributed by atoms with Crippen LogP contribution in [0.25, 0.3) is 0 Å². The molecule has 2 aromatic rings. The lowest BCUT2D eigenvalue weighted by Gasteiger charge is -2.08. The third-order valence-corrected chi connectivity index (χ3v) is 3.65. The number of hydrogen-bond donors (Lipinski definition) is 1. The molecule has 0 heterocycles. The molecule has 2 aromatic carbocycles. The highest BCUT2D eigenvalue weighted by Crippen LogP contribution is 2.22. The minimum absolute atomic E-state index is 0.561. The molecule has 0 aliphatic heterocycles. The Bertz CT molecular complexity index is 540. The summed E-state index contributed by atoms with van der Waals surface area (Å²) < 4.78 is 6.86. The minimum atomic E-state index is 0.561. The van der Waals surface area contributed by atoms with Crippen molar-refractivity contribution in [1.29, 1.82) is 0 Å². The average Bonchev–Trinajstić information content (AvgIpc) is 2.40. The molecule has 0 radical (unpaired) electrons. The fourth-order valence-corrected chi connectivity index (χ4v) is 1.97. The second-order valence-corrected chi connectivity index (χ2v) is 5.08. The van der Waals surface area contributed by atoms with Crippen molar-refractivity contribution in [2.45, 2.75) is 20.1 Å². The van der Waals surface area contributed by atoms with E-state index in [1.807, 2.05) is 43.3 Å². The highest BCUT2D eigenvalue weighted by Gasteiger charge is 2.00. The molecule has 0 amide bonds. The summed E-state index contributed by atoms with van der Waals surface area (Å²) in [5, 5.41) is 0. The SMILES string of the molecule is Cc1cc(OCc2cccc(CN)c2)ccc1Br. The second kappa shape index (κ2) is 6.03. The number of aryl methyl sites for hydroxylation is 1. The lowest BCUT2D eigenvalue weighted by molar-refractivity contribution is 0.306. The Kier molecular flexibility index (Phi) is 4.39. The Balaban J connectivity index is 2.04. The van der Waals surface area contributed by atoms with Gasteiger partial charge < -0.3 is 10.5 Å². The van der Waals surface area contributed by atoms with E-state index in [0.717, 1.165) is 21.3 Å². The minimum Gasteiger partial charge on any atom is -0.489 e. The summed E-state index contributed by atoms with van der Waals surface area (Å²) in [5.41, 5.74) is 9.05. The first-order valence-electron chi connectivity index (χ1n) is 5.86. The number of halogens is 1. The zero-order valence-corrected chi connectivity index (χ0v) is 11.9. The molecule has 0 fully saturated rings. The molecule has 2 rings (SSSR count). The first-order chi connectivity index (χ1) is 8.69. The van der Waals surface area contributed by atoms with Gasteiger partial charge in [-0.15, -0.1) is 0 Å². The van der Waals surface area contributed by atoms with Crippen LogP contribution < -0.4 is 10.5 Å². The van der Waals surface area contributed by atoms with Crippen molar-refractivity contribution in [3.05, 3.63) is 63.6 Å². The number of benzene rings is 2. The molecule has 0 aliphatic rings. The Morgan fingerprint density at radius 2 is 1.89 bits per heavy atom. The lowest BCUT2D eigenvalue weighted by atomic mass is 10.1. The number of nitrogens with two attached hydrogens (primary N) is 1. The third-order valence-electron chi connectivity index (χ3n) is 2.76. The molecule has 0 aromatic heterocycles. The zero-order valence-electron chi connectivity index (χ0n) is 10.3. The van der Waals surface area contributed by atoms with Gasteiger partial charge in [-0.3, -0.25) is 0 Å². The molecule has 18 heavy (non-hydrogen) atoms. The molecule has 0 aliphatic carbocycles. The summed E-state index contributed by atoms with van der Waals surface area (Å²) in [6.07, 6.45) is 0. The smallest absolute Gasteiger partial charge is 0.120 e. The third kappa shape index (κ3) is 3.34. The quantitative estimate of drug-likeness (QED) is 0.932. The molecular formula is C15H16BrNO. The first kappa shape index (κ1) is 13.1. The summed E-state index contributed by atoms with van der Waals surface area (Å²) in [4.78, 5) is 0. The largest absolute Gasteiger partial charge is 0.489 e. The van der Waals surface area contributed by atoms with Gasteiger partial charge in [-0.2, -0.15) is 0 Å². The van der Waals surface area contributed by atoms with E-state index in [4.69, 9.17) is 10.5 Å². The summed E-state index contributed by atoms with van der Waals surface area (Å²) in [6, 6.07) is 14.1. The number of rotatable bonds is 4.